The average Bonchev–Trinajstić information content (AvgIpc) is 2.43. The number of aromatic hydroxyl groups is 2. The largest absolute Gasteiger partial charge is 0.508 e. The Bertz CT molecular complexity index is 877. The fourth-order valence-corrected chi connectivity index (χ4v) is 4.24. The van der Waals surface area contributed by atoms with Gasteiger partial charge in [-0.25, -0.2) is 21.6 Å². The molecule has 0 aromatic heterocycles. The van der Waals surface area contributed by atoms with Crippen LogP contribution in [0.2, 0.25) is 0 Å². The van der Waals surface area contributed by atoms with Crippen LogP contribution in [-0.2, 0) is 29.7 Å². The first-order valence-electron chi connectivity index (χ1n) is 5.51. The van der Waals surface area contributed by atoms with Crippen LogP contribution in [0.15, 0.2) is 23.1 Å². The first-order chi connectivity index (χ1) is 11.1. The summed E-state index contributed by atoms with van der Waals surface area (Å²) in [6.45, 7) is 0. The van der Waals surface area contributed by atoms with Gasteiger partial charge in [-0.15, -0.1) is 0 Å². The number of hydrogen-bond acceptors (Lipinski definition) is 9. The van der Waals surface area contributed by atoms with Gasteiger partial charge in [0.05, 0.1) is 4.90 Å². The Hall–Kier alpha value is -2.17. The Morgan fingerprint density at radius 3 is 1.84 bits per heavy atom. The van der Waals surface area contributed by atoms with E-state index in [0.717, 1.165) is 0 Å². The highest BCUT2D eigenvalue weighted by Gasteiger charge is 2.72. The normalized spacial score (nSPS) is 13.5. The summed E-state index contributed by atoms with van der Waals surface area (Å²) in [5.41, 5.74) is 0. The maximum Gasteiger partial charge on any atom is 0.433 e. The molecule has 0 unspecified atom stereocenters. The second-order valence-corrected chi connectivity index (χ2v) is 7.91. The lowest BCUT2D eigenvalue weighted by atomic mass is 10.3. The minimum Gasteiger partial charge on any atom is -0.508 e. The molecule has 0 aliphatic rings. The zero-order valence-corrected chi connectivity index (χ0v) is 13.0. The van der Waals surface area contributed by atoms with Crippen molar-refractivity contribution in [3.8, 4) is 11.5 Å². The van der Waals surface area contributed by atoms with Gasteiger partial charge in [-0.05, 0) is 0 Å². The lowest BCUT2D eigenvalue weighted by Crippen LogP contribution is -2.57. The molecule has 0 saturated carbocycles. The van der Waals surface area contributed by atoms with E-state index >= 15 is 0 Å². The maximum atomic E-state index is 13.4. The van der Waals surface area contributed by atoms with E-state index in [2.05, 4.69) is 4.89 Å². The standard InChI is InChI=1S/C9H7F4NO9S2/c10-8(11,7(17)23-18)9(12,13)25(21,22)14-24(19,20)6-2-4(15)1-5(16)3-6/h1-3,14-16,18H. The molecule has 0 amide bonds. The van der Waals surface area contributed by atoms with Crippen molar-refractivity contribution in [2.75, 3.05) is 0 Å². The van der Waals surface area contributed by atoms with Gasteiger partial charge in [0.15, 0.2) is 0 Å². The van der Waals surface area contributed by atoms with Crippen molar-refractivity contribution in [1.82, 2.24) is 4.13 Å². The molecular weight excluding hydrogens is 406 g/mol. The number of benzene rings is 1. The van der Waals surface area contributed by atoms with Crippen LogP contribution in [0.3, 0.4) is 0 Å². The minimum atomic E-state index is -6.80. The molecule has 0 spiro atoms. The van der Waals surface area contributed by atoms with Crippen LogP contribution in [0.25, 0.3) is 0 Å². The van der Waals surface area contributed by atoms with Gasteiger partial charge in [-0.3, -0.25) is 4.89 Å². The third kappa shape index (κ3) is 3.75. The number of rotatable bonds is 6. The van der Waals surface area contributed by atoms with E-state index in [1.807, 2.05) is 0 Å². The quantitative estimate of drug-likeness (QED) is 0.284. The van der Waals surface area contributed by atoms with E-state index in [1.165, 1.54) is 0 Å². The highest BCUT2D eigenvalue weighted by atomic mass is 32.3. The summed E-state index contributed by atoms with van der Waals surface area (Å²) < 4.78 is 99.5. The molecular formula is C9H7F4NO9S2. The van der Waals surface area contributed by atoms with Crippen molar-refractivity contribution >= 4 is 26.0 Å². The molecule has 10 nitrogen and oxygen atoms in total. The van der Waals surface area contributed by atoms with E-state index < -0.39 is 53.6 Å². The molecule has 25 heavy (non-hydrogen) atoms. The van der Waals surface area contributed by atoms with Crippen molar-refractivity contribution in [2.24, 2.45) is 0 Å². The molecule has 4 N–H and O–H groups in total. The Morgan fingerprint density at radius 1 is 1.00 bits per heavy atom. The molecule has 0 radical (unpaired) electrons. The molecule has 0 bridgehead atoms. The van der Waals surface area contributed by atoms with Crippen molar-refractivity contribution in [3.63, 3.8) is 0 Å². The zero-order chi connectivity index (χ0) is 19.8. The molecule has 0 fully saturated rings. The summed E-state index contributed by atoms with van der Waals surface area (Å²) in [6, 6.07) is 1.19. The van der Waals surface area contributed by atoms with Gasteiger partial charge < -0.3 is 10.2 Å². The van der Waals surface area contributed by atoms with Crippen LogP contribution in [0.1, 0.15) is 0 Å². The molecule has 16 heteroatoms. The number of phenolic OH excluding ortho intramolecular Hbond substituents is 2. The third-order valence-corrected chi connectivity index (χ3v) is 5.99. The molecule has 142 valence electrons. The summed E-state index contributed by atoms with van der Waals surface area (Å²) in [5.74, 6) is -11.4. The van der Waals surface area contributed by atoms with Crippen molar-refractivity contribution in [3.05, 3.63) is 18.2 Å². The maximum absolute atomic E-state index is 13.4. The predicted octanol–water partition coefficient (Wildman–Crippen LogP) is -0.0498. The fourth-order valence-electron chi connectivity index (χ4n) is 1.31. The lowest BCUT2D eigenvalue weighted by molar-refractivity contribution is -0.272. The molecule has 0 aliphatic carbocycles. The smallest absolute Gasteiger partial charge is 0.433 e. The fraction of sp³-hybridized carbons (Fsp3) is 0.222. The summed E-state index contributed by atoms with van der Waals surface area (Å²) in [6.07, 6.45) is 0. The molecule has 0 atom stereocenters. The van der Waals surface area contributed by atoms with Gasteiger partial charge in [-0.1, -0.05) is 4.13 Å². The summed E-state index contributed by atoms with van der Waals surface area (Å²) >= 11 is 0. The van der Waals surface area contributed by atoms with Crippen LogP contribution >= 0.6 is 0 Å². The highest BCUT2D eigenvalue weighted by Crippen LogP contribution is 2.39. The highest BCUT2D eigenvalue weighted by molar-refractivity contribution is 8.05. The van der Waals surface area contributed by atoms with Crippen molar-refractivity contribution < 1.29 is 59.5 Å². The Labute approximate surface area is 136 Å². The molecule has 0 aliphatic heterocycles. The van der Waals surface area contributed by atoms with Gasteiger partial charge in [0.1, 0.15) is 11.5 Å². The minimum absolute atomic E-state index is 0.232. The summed E-state index contributed by atoms with van der Waals surface area (Å²) in [4.78, 5) is 11.5. The number of phenols is 2. The lowest BCUT2D eigenvalue weighted by Gasteiger charge is -2.23. The number of nitrogens with one attached hydrogen (secondary N) is 1. The van der Waals surface area contributed by atoms with Crippen LogP contribution in [0.4, 0.5) is 17.6 Å². The number of carbonyl (C=O) groups is 1. The molecule has 1 rings (SSSR count). The van der Waals surface area contributed by atoms with Gasteiger partial charge >= 0.3 is 17.1 Å². The SMILES string of the molecule is O=C(OO)C(F)(F)C(F)(F)S(=O)(=O)NS(=O)(=O)c1cc(O)cc(O)c1. The Balaban J connectivity index is 3.38. The van der Waals surface area contributed by atoms with Crippen LogP contribution in [0.5, 0.6) is 11.5 Å². The summed E-state index contributed by atoms with van der Waals surface area (Å²) in [5, 5.41) is 19.5. The van der Waals surface area contributed by atoms with Gasteiger partial charge in [0.2, 0.25) is 0 Å². The van der Waals surface area contributed by atoms with Crippen LogP contribution in [-0.4, -0.2) is 49.5 Å². The van der Waals surface area contributed by atoms with E-state index in [1.54, 1.807) is 0 Å². The van der Waals surface area contributed by atoms with E-state index in [4.69, 9.17) is 15.5 Å². The van der Waals surface area contributed by atoms with Crippen molar-refractivity contribution in [2.45, 2.75) is 16.1 Å². The monoisotopic (exact) mass is 413 g/mol. The molecule has 1 aromatic rings. The van der Waals surface area contributed by atoms with Crippen molar-refractivity contribution in [1.29, 1.82) is 0 Å². The van der Waals surface area contributed by atoms with E-state index in [-0.39, 0.29) is 4.13 Å². The number of sulfonamides is 2. The third-order valence-electron chi connectivity index (χ3n) is 2.45. The van der Waals surface area contributed by atoms with Gasteiger partial charge in [0.25, 0.3) is 20.0 Å². The van der Waals surface area contributed by atoms with E-state index in [9.17, 15) is 39.2 Å². The van der Waals surface area contributed by atoms with Gasteiger partial charge in [-0.2, -0.15) is 22.8 Å². The zero-order valence-electron chi connectivity index (χ0n) is 11.4. The number of hydrogen-bond donors (Lipinski definition) is 4. The van der Waals surface area contributed by atoms with Crippen LogP contribution < -0.4 is 4.13 Å². The molecule has 1 aromatic carbocycles. The number of carbonyl (C=O) groups excluding carboxylic acids is 1. The molecule has 0 saturated heterocycles. The Morgan fingerprint density at radius 2 is 1.44 bits per heavy atom. The predicted molar refractivity (Wildman–Crippen MR) is 67.6 cm³/mol. The van der Waals surface area contributed by atoms with E-state index in [0.29, 0.717) is 18.2 Å². The topological polar surface area (TPSA) is 167 Å². The average molecular weight is 413 g/mol. The number of alkyl halides is 4. The summed E-state index contributed by atoms with van der Waals surface area (Å²) in [7, 11) is -12.3. The second kappa shape index (κ2) is 6.28. The molecule has 0 heterocycles. The number of halogens is 4. The first-order valence-corrected chi connectivity index (χ1v) is 8.48. The Kier molecular flexibility index (Phi) is 5.25. The van der Waals surface area contributed by atoms with Crippen LogP contribution in [0, 0.1) is 0 Å². The van der Waals surface area contributed by atoms with Gasteiger partial charge in [0, 0.05) is 18.2 Å². The second-order valence-electron chi connectivity index (χ2n) is 4.25. The first kappa shape index (κ1) is 20.9.